The molecule has 7 nitrogen and oxygen atoms in total. The van der Waals surface area contributed by atoms with E-state index in [1.807, 2.05) is 17.0 Å². The fourth-order valence-corrected chi connectivity index (χ4v) is 5.28. The van der Waals surface area contributed by atoms with Gasteiger partial charge in [0.25, 0.3) is 5.92 Å². The van der Waals surface area contributed by atoms with Gasteiger partial charge in [-0.25, -0.2) is 0 Å². The van der Waals surface area contributed by atoms with E-state index in [0.29, 0.717) is 25.2 Å². The normalized spacial score (nSPS) is 18.0. The number of aliphatic hydroxyl groups excluding tert-OH is 1. The first-order valence-corrected chi connectivity index (χ1v) is 12.0. The Morgan fingerprint density at radius 3 is 2.82 bits per heavy atom. The van der Waals surface area contributed by atoms with Crippen molar-refractivity contribution in [1.29, 1.82) is 0 Å². The summed E-state index contributed by atoms with van der Waals surface area (Å²) in [6, 6.07) is 11.3. The number of nitrogens with zero attached hydrogens (tertiary/aromatic N) is 4. The van der Waals surface area contributed by atoms with Crippen molar-refractivity contribution in [3.05, 3.63) is 52.9 Å². The number of carbonyl (C=O) groups is 1. The number of benzene rings is 1. The maximum absolute atomic E-state index is 14.6. The zero-order chi connectivity index (χ0) is 23.3. The Bertz CT molecular complexity index is 1030. The van der Waals surface area contributed by atoms with Crippen LogP contribution in [0.5, 0.6) is 0 Å². The molecule has 1 saturated heterocycles. The van der Waals surface area contributed by atoms with Crippen molar-refractivity contribution in [2.45, 2.75) is 63.0 Å². The number of tetrazole rings is 1. The summed E-state index contributed by atoms with van der Waals surface area (Å²) >= 11 is 1.59. The minimum atomic E-state index is -3.32. The molecule has 1 aromatic carbocycles. The number of aromatic nitrogens is 4. The number of aromatic amines is 1. The highest BCUT2D eigenvalue weighted by atomic mass is 32.1. The van der Waals surface area contributed by atoms with Crippen LogP contribution in [0.3, 0.4) is 0 Å². The van der Waals surface area contributed by atoms with Gasteiger partial charge in [-0.15, -0.1) is 21.5 Å². The lowest BCUT2D eigenvalue weighted by atomic mass is 9.93. The molecule has 10 heteroatoms. The second-order valence-corrected chi connectivity index (χ2v) is 9.49. The highest BCUT2D eigenvalue weighted by Gasteiger charge is 2.40. The summed E-state index contributed by atoms with van der Waals surface area (Å²) in [4.78, 5) is 16.5. The summed E-state index contributed by atoms with van der Waals surface area (Å²) < 4.78 is 29.3. The number of nitrogens with one attached hydrogen (secondary N) is 1. The summed E-state index contributed by atoms with van der Waals surface area (Å²) in [5.41, 5.74) is -0.190. The van der Waals surface area contributed by atoms with Crippen LogP contribution in [-0.4, -0.2) is 55.2 Å². The molecule has 0 saturated carbocycles. The number of thiophene rings is 1. The zero-order valence-corrected chi connectivity index (χ0v) is 19.0. The number of hydrogen-bond donors (Lipinski definition) is 2. The minimum absolute atomic E-state index is 0.0602. The smallest absolute Gasteiger partial charge is 0.298 e. The maximum atomic E-state index is 14.6. The molecule has 33 heavy (non-hydrogen) atoms. The van der Waals surface area contributed by atoms with Gasteiger partial charge < -0.3 is 10.0 Å². The molecule has 0 radical (unpaired) electrons. The number of aliphatic hydroxyl groups is 1. The number of aryl methyl sites for hydroxylation is 1. The summed E-state index contributed by atoms with van der Waals surface area (Å²) in [5.74, 6) is -2.70. The highest BCUT2D eigenvalue weighted by Crippen LogP contribution is 2.35. The second kappa shape index (κ2) is 10.5. The lowest BCUT2D eigenvalue weighted by Crippen LogP contribution is -2.45. The topological polar surface area (TPSA) is 95.0 Å². The number of alkyl halides is 2. The van der Waals surface area contributed by atoms with E-state index >= 15 is 0 Å². The third kappa shape index (κ3) is 5.62. The molecule has 0 aliphatic carbocycles. The summed E-state index contributed by atoms with van der Waals surface area (Å²) in [6.07, 6.45) is 2.10. The van der Waals surface area contributed by atoms with Gasteiger partial charge in [-0.3, -0.25) is 4.79 Å². The van der Waals surface area contributed by atoms with Crippen LogP contribution in [-0.2, 0) is 17.1 Å². The van der Waals surface area contributed by atoms with Gasteiger partial charge in [-0.05, 0) is 55.9 Å². The molecule has 4 rings (SSSR count). The Balaban J connectivity index is 1.31. The quantitative estimate of drug-likeness (QED) is 0.459. The number of piperidine rings is 1. The average Bonchev–Trinajstić information content (AvgIpc) is 3.51. The predicted molar refractivity (Wildman–Crippen MR) is 121 cm³/mol. The lowest BCUT2D eigenvalue weighted by Gasteiger charge is -2.36. The number of likely N-dealkylation sites (tertiary alicyclic amines) is 1. The van der Waals surface area contributed by atoms with Crippen molar-refractivity contribution in [3.63, 3.8) is 0 Å². The van der Waals surface area contributed by atoms with Gasteiger partial charge in [0.05, 0.1) is 4.88 Å². The van der Waals surface area contributed by atoms with Gasteiger partial charge in [0.2, 0.25) is 11.7 Å². The van der Waals surface area contributed by atoms with Gasteiger partial charge in [0.1, 0.15) is 6.10 Å². The van der Waals surface area contributed by atoms with E-state index in [2.05, 4.69) is 20.6 Å². The number of rotatable bonds is 10. The van der Waals surface area contributed by atoms with Crippen LogP contribution in [0.4, 0.5) is 8.78 Å². The van der Waals surface area contributed by atoms with Crippen LogP contribution in [0.2, 0.25) is 0 Å². The summed E-state index contributed by atoms with van der Waals surface area (Å²) in [5, 5.41) is 24.2. The molecule has 1 fully saturated rings. The third-order valence-electron chi connectivity index (χ3n) is 6.09. The van der Waals surface area contributed by atoms with E-state index < -0.39 is 12.0 Å². The first kappa shape index (κ1) is 23.4. The van der Waals surface area contributed by atoms with Gasteiger partial charge in [-0.1, -0.05) is 30.3 Å². The molecule has 1 aliphatic heterocycles. The third-order valence-corrected chi connectivity index (χ3v) is 7.23. The van der Waals surface area contributed by atoms with Gasteiger partial charge in [0.15, 0.2) is 0 Å². The van der Waals surface area contributed by atoms with Crippen molar-refractivity contribution in [2.24, 2.45) is 0 Å². The zero-order valence-electron chi connectivity index (χ0n) is 18.2. The van der Waals surface area contributed by atoms with Crippen LogP contribution in [0.1, 0.15) is 49.0 Å². The van der Waals surface area contributed by atoms with E-state index in [9.17, 15) is 18.7 Å². The molecule has 2 atom stereocenters. The first-order chi connectivity index (χ1) is 15.9. The molecule has 176 valence electrons. The Kier molecular flexibility index (Phi) is 7.44. The van der Waals surface area contributed by atoms with Crippen molar-refractivity contribution in [2.75, 3.05) is 6.54 Å². The lowest BCUT2D eigenvalue weighted by molar-refractivity contribution is -0.138. The molecular formula is C23H27F2N5O2S. The SMILES string of the molecule is O=C1CCC[C@H](CC[C@H](O)C(F)(F)c2ccccc2)N1CCCc1ccc(-c2nn[nH]n2)s1. The first-order valence-electron chi connectivity index (χ1n) is 11.2. The molecule has 3 aromatic rings. The monoisotopic (exact) mass is 475 g/mol. The highest BCUT2D eigenvalue weighted by molar-refractivity contribution is 7.15. The molecule has 0 unspecified atom stereocenters. The molecular weight excluding hydrogens is 448 g/mol. The van der Waals surface area contributed by atoms with E-state index in [1.165, 1.54) is 24.3 Å². The fraction of sp³-hybridized carbons (Fsp3) is 0.478. The standard InChI is InChI=1S/C23H27F2N5O2S/c24-23(25,16-6-2-1-3-7-16)20(31)14-11-17-8-4-10-21(32)30(17)15-5-9-18-12-13-19(33-18)22-26-28-29-27-22/h1-3,6-7,12-13,17,20,31H,4-5,8-11,14-15H2,(H,26,27,28,29)/t17-,20+/m1/s1. The van der Waals surface area contributed by atoms with Crippen molar-refractivity contribution in [3.8, 4) is 10.7 Å². The van der Waals surface area contributed by atoms with Gasteiger partial charge >= 0.3 is 0 Å². The molecule has 1 amide bonds. The molecule has 2 aromatic heterocycles. The van der Waals surface area contributed by atoms with Crippen LogP contribution in [0.15, 0.2) is 42.5 Å². The Morgan fingerprint density at radius 2 is 2.06 bits per heavy atom. The average molecular weight is 476 g/mol. The summed E-state index contributed by atoms with van der Waals surface area (Å²) in [6.45, 7) is 0.574. The number of halogens is 2. The van der Waals surface area contributed by atoms with Crippen molar-refractivity contribution < 1.29 is 18.7 Å². The summed E-state index contributed by atoms with van der Waals surface area (Å²) in [7, 11) is 0. The Hall–Kier alpha value is -2.72. The minimum Gasteiger partial charge on any atom is -0.386 e. The van der Waals surface area contributed by atoms with E-state index in [1.54, 1.807) is 17.4 Å². The van der Waals surface area contributed by atoms with Crippen LogP contribution in [0, 0.1) is 0 Å². The van der Waals surface area contributed by atoms with E-state index in [0.717, 1.165) is 35.4 Å². The van der Waals surface area contributed by atoms with Crippen molar-refractivity contribution in [1.82, 2.24) is 25.5 Å². The molecule has 2 N–H and O–H groups in total. The predicted octanol–water partition coefficient (Wildman–Crippen LogP) is 4.18. The second-order valence-electron chi connectivity index (χ2n) is 8.32. The van der Waals surface area contributed by atoms with Crippen LogP contribution < -0.4 is 0 Å². The maximum Gasteiger partial charge on any atom is 0.298 e. The molecule has 0 spiro atoms. The molecule has 3 heterocycles. The molecule has 0 bridgehead atoms. The Morgan fingerprint density at radius 1 is 1.24 bits per heavy atom. The van der Waals surface area contributed by atoms with E-state index in [-0.39, 0.29) is 23.9 Å². The largest absolute Gasteiger partial charge is 0.386 e. The van der Waals surface area contributed by atoms with Crippen LogP contribution in [0.25, 0.3) is 10.7 Å². The number of hydrogen-bond acceptors (Lipinski definition) is 6. The number of H-pyrrole nitrogens is 1. The number of amides is 1. The van der Waals surface area contributed by atoms with E-state index in [4.69, 9.17) is 0 Å². The Labute approximate surface area is 194 Å². The fourth-order valence-electron chi connectivity index (χ4n) is 4.31. The number of carbonyl (C=O) groups excluding carboxylic acids is 1. The van der Waals surface area contributed by atoms with Crippen LogP contribution >= 0.6 is 11.3 Å². The molecule has 1 aliphatic rings. The van der Waals surface area contributed by atoms with Gasteiger partial charge in [-0.2, -0.15) is 14.0 Å². The van der Waals surface area contributed by atoms with Crippen molar-refractivity contribution >= 4 is 17.2 Å². The van der Waals surface area contributed by atoms with Gasteiger partial charge in [0, 0.05) is 29.4 Å².